The van der Waals surface area contributed by atoms with Crippen LogP contribution in [0, 0.1) is 0 Å². The number of rotatable bonds is 1. The molecular formula is C9H10N2O4. The minimum absolute atomic E-state index is 0.0146. The topological polar surface area (TPSA) is 73.6 Å². The predicted molar refractivity (Wildman–Crippen MR) is 48.5 cm³/mol. The Kier molecular flexibility index (Phi) is 1.80. The molecule has 3 rings (SSSR count). The minimum atomic E-state index is -0.320. The van der Waals surface area contributed by atoms with Crippen molar-refractivity contribution in [2.24, 2.45) is 0 Å². The molecule has 80 valence electrons. The summed E-state index contributed by atoms with van der Waals surface area (Å²) in [7, 11) is 0. The molecule has 1 aromatic rings. The van der Waals surface area contributed by atoms with Crippen LogP contribution in [0.1, 0.15) is 12.6 Å². The van der Waals surface area contributed by atoms with Gasteiger partial charge in [-0.3, -0.25) is 9.36 Å². The molecule has 0 aromatic carbocycles. The normalized spacial score (nSPS) is 32.2. The van der Waals surface area contributed by atoms with Gasteiger partial charge in [0.1, 0.15) is 6.10 Å². The summed E-state index contributed by atoms with van der Waals surface area (Å²) in [6.07, 6.45) is 1.64. The Morgan fingerprint density at radius 1 is 1.67 bits per heavy atom. The predicted octanol–water partition coefficient (Wildman–Crippen LogP) is -0.716. The molecule has 0 radical (unpaired) electrons. The van der Waals surface area contributed by atoms with Crippen molar-refractivity contribution in [3.8, 4) is 6.01 Å². The van der Waals surface area contributed by atoms with Crippen molar-refractivity contribution < 1.29 is 14.6 Å². The van der Waals surface area contributed by atoms with Crippen LogP contribution in [-0.4, -0.2) is 33.5 Å². The average Bonchev–Trinajstić information content (AvgIpc) is 2.73. The van der Waals surface area contributed by atoms with Crippen LogP contribution >= 0.6 is 0 Å². The van der Waals surface area contributed by atoms with E-state index >= 15 is 0 Å². The first-order chi connectivity index (χ1) is 7.28. The second kappa shape index (κ2) is 3.04. The van der Waals surface area contributed by atoms with E-state index in [0.29, 0.717) is 12.4 Å². The first-order valence-corrected chi connectivity index (χ1v) is 4.80. The van der Waals surface area contributed by atoms with E-state index in [2.05, 4.69) is 4.98 Å². The Morgan fingerprint density at radius 3 is 3.33 bits per heavy atom. The molecule has 3 heterocycles. The maximum Gasteiger partial charge on any atom is 0.302 e. The molecule has 1 N–H and O–H groups in total. The quantitative estimate of drug-likeness (QED) is 0.662. The summed E-state index contributed by atoms with van der Waals surface area (Å²) in [5, 5.41) is 8.96. The number of fused-ring (bicyclic) bond motifs is 3. The lowest BCUT2D eigenvalue weighted by atomic mass is 10.2. The molecule has 0 amide bonds. The van der Waals surface area contributed by atoms with Gasteiger partial charge in [0.2, 0.25) is 0 Å². The highest BCUT2D eigenvalue weighted by Gasteiger charge is 2.43. The number of ether oxygens (including phenoxy) is 2. The molecule has 1 fully saturated rings. The van der Waals surface area contributed by atoms with Gasteiger partial charge in [-0.25, -0.2) is 0 Å². The van der Waals surface area contributed by atoms with Gasteiger partial charge in [0.15, 0.2) is 6.23 Å². The Morgan fingerprint density at radius 2 is 2.53 bits per heavy atom. The van der Waals surface area contributed by atoms with Crippen molar-refractivity contribution in [3.05, 3.63) is 22.6 Å². The second-order valence-electron chi connectivity index (χ2n) is 3.68. The number of hydrogen-bond donors (Lipinski definition) is 1. The lowest BCUT2D eigenvalue weighted by Gasteiger charge is -2.11. The zero-order chi connectivity index (χ0) is 10.4. The highest BCUT2D eigenvalue weighted by atomic mass is 16.6. The number of aromatic nitrogens is 2. The van der Waals surface area contributed by atoms with E-state index < -0.39 is 0 Å². The van der Waals surface area contributed by atoms with Gasteiger partial charge in [-0.05, 0) is 0 Å². The summed E-state index contributed by atoms with van der Waals surface area (Å²) in [6, 6.07) is 1.67. The number of nitrogens with zero attached hydrogens (tertiary/aromatic N) is 2. The Bertz CT molecular complexity index is 444. The van der Waals surface area contributed by atoms with Crippen LogP contribution in [0.25, 0.3) is 0 Å². The summed E-state index contributed by atoms with van der Waals surface area (Å²) in [5.41, 5.74) is -0.320. The molecule has 1 saturated heterocycles. The molecule has 1 aromatic heterocycles. The van der Waals surface area contributed by atoms with Crippen molar-refractivity contribution in [2.45, 2.75) is 24.9 Å². The first kappa shape index (κ1) is 8.87. The smallest absolute Gasteiger partial charge is 0.302 e. The maximum absolute atomic E-state index is 11.0. The van der Waals surface area contributed by atoms with Crippen LogP contribution in [-0.2, 0) is 4.74 Å². The van der Waals surface area contributed by atoms with Gasteiger partial charge in [0, 0.05) is 18.7 Å². The minimum Gasteiger partial charge on any atom is -0.456 e. The fraction of sp³-hybridized carbons (Fsp3) is 0.556. The van der Waals surface area contributed by atoms with Crippen LogP contribution in [0.3, 0.4) is 0 Å². The van der Waals surface area contributed by atoms with Crippen molar-refractivity contribution in [2.75, 3.05) is 6.61 Å². The fourth-order valence-electron chi connectivity index (χ4n) is 2.00. The molecular weight excluding hydrogens is 200 g/mol. The molecule has 15 heavy (non-hydrogen) atoms. The van der Waals surface area contributed by atoms with Gasteiger partial charge in [0.05, 0.1) is 12.7 Å². The molecule has 0 bridgehead atoms. The van der Waals surface area contributed by atoms with Crippen LogP contribution in [0.2, 0.25) is 0 Å². The van der Waals surface area contributed by atoms with Gasteiger partial charge in [-0.2, -0.15) is 4.98 Å². The number of hydrogen-bond acceptors (Lipinski definition) is 5. The van der Waals surface area contributed by atoms with Crippen LogP contribution in [0.15, 0.2) is 17.1 Å². The highest BCUT2D eigenvalue weighted by Crippen LogP contribution is 2.38. The zero-order valence-electron chi connectivity index (χ0n) is 7.87. The third-order valence-electron chi connectivity index (χ3n) is 2.68. The molecule has 6 heteroatoms. The van der Waals surface area contributed by atoms with Crippen LogP contribution in [0.5, 0.6) is 6.01 Å². The fourth-order valence-corrected chi connectivity index (χ4v) is 2.00. The summed E-state index contributed by atoms with van der Waals surface area (Å²) in [6.45, 7) is -0.0146. The van der Waals surface area contributed by atoms with Gasteiger partial charge in [-0.15, -0.1) is 0 Å². The third kappa shape index (κ3) is 1.25. The Balaban J connectivity index is 1.96. The molecule has 6 nitrogen and oxygen atoms in total. The van der Waals surface area contributed by atoms with Crippen LogP contribution < -0.4 is 10.3 Å². The largest absolute Gasteiger partial charge is 0.456 e. The summed E-state index contributed by atoms with van der Waals surface area (Å²) >= 11 is 0. The van der Waals surface area contributed by atoms with Crippen molar-refractivity contribution >= 4 is 0 Å². The molecule has 2 aliphatic rings. The average molecular weight is 210 g/mol. The standard InChI is InChI=1S/C9H10N2O4/c12-4-5-3-6-8(14-5)11-2-1-7(13)10-9(11)15-6/h1-2,5-6,8,12H,3-4H2/t5-,6-,8+/m0/s1. The third-order valence-corrected chi connectivity index (χ3v) is 2.68. The monoisotopic (exact) mass is 210 g/mol. The van der Waals surface area contributed by atoms with E-state index in [0.717, 1.165) is 0 Å². The van der Waals surface area contributed by atoms with E-state index in [1.807, 2.05) is 0 Å². The van der Waals surface area contributed by atoms with Crippen molar-refractivity contribution in [1.29, 1.82) is 0 Å². The lowest BCUT2D eigenvalue weighted by Crippen LogP contribution is -2.16. The number of aliphatic hydroxyl groups is 1. The van der Waals surface area contributed by atoms with Crippen LogP contribution in [0.4, 0.5) is 0 Å². The first-order valence-electron chi connectivity index (χ1n) is 4.80. The Hall–Kier alpha value is -1.40. The second-order valence-corrected chi connectivity index (χ2v) is 3.68. The van der Waals surface area contributed by atoms with E-state index in [1.54, 1.807) is 10.8 Å². The SMILES string of the molecule is O=c1ccn2c(n1)O[C@H]1C[C@@H](CO)O[C@H]12. The van der Waals surface area contributed by atoms with Gasteiger partial charge < -0.3 is 14.6 Å². The van der Waals surface area contributed by atoms with Crippen molar-refractivity contribution in [3.63, 3.8) is 0 Å². The molecule has 3 atom stereocenters. The van der Waals surface area contributed by atoms with E-state index in [1.165, 1.54) is 6.07 Å². The molecule has 0 aliphatic carbocycles. The molecule has 0 unspecified atom stereocenters. The summed E-state index contributed by atoms with van der Waals surface area (Å²) < 4.78 is 12.7. The summed E-state index contributed by atoms with van der Waals surface area (Å²) in [5.74, 6) is 0. The summed E-state index contributed by atoms with van der Waals surface area (Å²) in [4.78, 5) is 14.7. The lowest BCUT2D eigenvalue weighted by molar-refractivity contribution is -0.0256. The molecule has 0 saturated carbocycles. The van der Waals surface area contributed by atoms with E-state index in [4.69, 9.17) is 14.6 Å². The van der Waals surface area contributed by atoms with Crippen molar-refractivity contribution in [1.82, 2.24) is 9.55 Å². The van der Waals surface area contributed by atoms with Gasteiger partial charge >= 0.3 is 6.01 Å². The van der Waals surface area contributed by atoms with E-state index in [-0.39, 0.29) is 30.6 Å². The molecule has 2 aliphatic heterocycles. The maximum atomic E-state index is 11.0. The highest BCUT2D eigenvalue weighted by molar-refractivity contribution is 5.08. The molecule has 0 spiro atoms. The zero-order valence-corrected chi connectivity index (χ0v) is 7.87. The van der Waals surface area contributed by atoms with Gasteiger partial charge in [0.25, 0.3) is 5.56 Å². The van der Waals surface area contributed by atoms with E-state index in [9.17, 15) is 4.79 Å². The van der Waals surface area contributed by atoms with Gasteiger partial charge in [-0.1, -0.05) is 0 Å². The Labute approximate surface area is 85.1 Å². The number of aliphatic hydroxyl groups excluding tert-OH is 1.